The van der Waals surface area contributed by atoms with Gasteiger partial charge in [-0.1, -0.05) is 42.5 Å². The summed E-state index contributed by atoms with van der Waals surface area (Å²) in [7, 11) is 2.94. The number of methoxy groups -OCH3 is 2. The molecule has 0 aliphatic rings. The molecular formula is C28H25FO5. The fourth-order valence-electron chi connectivity index (χ4n) is 3.83. The number of hydrogen-bond donors (Lipinski definition) is 2. The van der Waals surface area contributed by atoms with Crippen LogP contribution in [0.15, 0.2) is 72.8 Å². The standard InChI is InChI=1S/C28H25FO5/c1-17-13-19(9-11-22(17)29)21-15-25(32-2)26(27(31)28(21)33-3)20-10-12-24(23(30)14-20)34-16-18-7-5-4-6-8-18/h4-15,30-31H,16H2,1-3H3. The highest BCUT2D eigenvalue weighted by Crippen LogP contribution is 2.50. The lowest BCUT2D eigenvalue weighted by atomic mass is 9.95. The number of benzene rings is 4. The van der Waals surface area contributed by atoms with Gasteiger partial charge in [0.15, 0.2) is 23.0 Å². The molecule has 4 rings (SSSR count). The maximum Gasteiger partial charge on any atom is 0.170 e. The van der Waals surface area contributed by atoms with Crippen molar-refractivity contribution in [3.8, 4) is 51.0 Å². The maximum absolute atomic E-state index is 13.8. The normalized spacial score (nSPS) is 10.7. The van der Waals surface area contributed by atoms with E-state index in [1.807, 2.05) is 30.3 Å². The van der Waals surface area contributed by atoms with Crippen LogP contribution in [0.3, 0.4) is 0 Å². The van der Waals surface area contributed by atoms with Crippen LogP contribution < -0.4 is 14.2 Å². The summed E-state index contributed by atoms with van der Waals surface area (Å²) in [5.41, 5.74) is 3.53. The van der Waals surface area contributed by atoms with E-state index in [1.165, 1.54) is 26.4 Å². The zero-order chi connectivity index (χ0) is 24.2. The quantitative estimate of drug-likeness (QED) is 0.331. The second-order valence-corrected chi connectivity index (χ2v) is 7.80. The fourth-order valence-corrected chi connectivity index (χ4v) is 3.83. The van der Waals surface area contributed by atoms with E-state index in [4.69, 9.17) is 14.2 Å². The van der Waals surface area contributed by atoms with Crippen molar-refractivity contribution in [2.24, 2.45) is 0 Å². The van der Waals surface area contributed by atoms with E-state index in [0.29, 0.717) is 45.9 Å². The van der Waals surface area contributed by atoms with E-state index in [0.717, 1.165) is 5.56 Å². The zero-order valence-corrected chi connectivity index (χ0v) is 19.1. The van der Waals surface area contributed by atoms with Gasteiger partial charge in [-0.2, -0.15) is 0 Å². The molecule has 34 heavy (non-hydrogen) atoms. The molecule has 0 spiro atoms. The van der Waals surface area contributed by atoms with Crippen LogP contribution >= 0.6 is 0 Å². The molecule has 0 amide bonds. The number of rotatable bonds is 7. The lowest BCUT2D eigenvalue weighted by Gasteiger charge is -2.19. The van der Waals surface area contributed by atoms with Crippen molar-refractivity contribution in [1.29, 1.82) is 0 Å². The minimum Gasteiger partial charge on any atom is -0.504 e. The first-order chi connectivity index (χ1) is 16.4. The second-order valence-electron chi connectivity index (χ2n) is 7.80. The average molecular weight is 461 g/mol. The number of aromatic hydroxyl groups is 2. The summed E-state index contributed by atoms with van der Waals surface area (Å²) in [4.78, 5) is 0. The van der Waals surface area contributed by atoms with Crippen LogP contribution in [-0.2, 0) is 6.61 Å². The van der Waals surface area contributed by atoms with E-state index in [1.54, 1.807) is 37.3 Å². The molecule has 6 heteroatoms. The highest BCUT2D eigenvalue weighted by molar-refractivity contribution is 5.88. The molecule has 0 fully saturated rings. The Hall–Kier alpha value is -4.19. The topological polar surface area (TPSA) is 68.2 Å². The van der Waals surface area contributed by atoms with Crippen LogP contribution in [-0.4, -0.2) is 24.4 Å². The Morgan fingerprint density at radius 1 is 0.794 bits per heavy atom. The Labute approximate surface area is 197 Å². The number of hydrogen-bond acceptors (Lipinski definition) is 5. The molecule has 2 N–H and O–H groups in total. The molecule has 174 valence electrons. The van der Waals surface area contributed by atoms with Gasteiger partial charge in [-0.3, -0.25) is 0 Å². The average Bonchev–Trinajstić information content (AvgIpc) is 2.85. The smallest absolute Gasteiger partial charge is 0.170 e. The third kappa shape index (κ3) is 4.48. The molecule has 4 aromatic carbocycles. The Balaban J connectivity index is 1.73. The van der Waals surface area contributed by atoms with Crippen LogP contribution in [0.2, 0.25) is 0 Å². The summed E-state index contributed by atoms with van der Waals surface area (Å²) >= 11 is 0. The zero-order valence-electron chi connectivity index (χ0n) is 19.1. The van der Waals surface area contributed by atoms with Gasteiger partial charge < -0.3 is 24.4 Å². The first-order valence-electron chi connectivity index (χ1n) is 10.7. The minimum absolute atomic E-state index is 0.0768. The summed E-state index contributed by atoms with van der Waals surface area (Å²) in [5.74, 6) is 0.346. The fraction of sp³-hybridized carbons (Fsp3) is 0.143. The largest absolute Gasteiger partial charge is 0.504 e. The first kappa shape index (κ1) is 23.0. The van der Waals surface area contributed by atoms with E-state index in [-0.39, 0.29) is 23.1 Å². The number of phenolic OH excluding ortho intramolecular Hbond substituents is 2. The number of aryl methyl sites for hydroxylation is 1. The van der Waals surface area contributed by atoms with Gasteiger partial charge in [0.25, 0.3) is 0 Å². The third-order valence-electron chi connectivity index (χ3n) is 5.60. The lowest BCUT2D eigenvalue weighted by Crippen LogP contribution is -1.97. The highest BCUT2D eigenvalue weighted by atomic mass is 19.1. The van der Waals surface area contributed by atoms with Gasteiger partial charge in [0.1, 0.15) is 18.2 Å². The van der Waals surface area contributed by atoms with E-state index >= 15 is 0 Å². The minimum atomic E-state index is -0.319. The molecule has 0 saturated carbocycles. The molecule has 5 nitrogen and oxygen atoms in total. The predicted molar refractivity (Wildman–Crippen MR) is 129 cm³/mol. The molecule has 4 aromatic rings. The summed E-state index contributed by atoms with van der Waals surface area (Å²) in [6, 6.07) is 20.9. The van der Waals surface area contributed by atoms with E-state index in [2.05, 4.69) is 0 Å². The highest BCUT2D eigenvalue weighted by Gasteiger charge is 2.23. The summed E-state index contributed by atoms with van der Waals surface area (Å²) < 4.78 is 30.6. The van der Waals surface area contributed by atoms with Crippen molar-refractivity contribution >= 4 is 0 Å². The number of halogens is 1. The summed E-state index contributed by atoms with van der Waals surface area (Å²) in [6.07, 6.45) is 0. The Kier molecular flexibility index (Phi) is 6.59. The van der Waals surface area contributed by atoms with Crippen molar-refractivity contribution < 1.29 is 28.8 Å². The van der Waals surface area contributed by atoms with E-state index in [9.17, 15) is 14.6 Å². The second kappa shape index (κ2) is 9.75. The Bertz CT molecular complexity index is 1320. The van der Waals surface area contributed by atoms with Gasteiger partial charge in [-0.05, 0) is 59.5 Å². The van der Waals surface area contributed by atoms with Crippen LogP contribution in [0, 0.1) is 12.7 Å². The summed E-state index contributed by atoms with van der Waals surface area (Å²) in [5, 5.41) is 21.7. The van der Waals surface area contributed by atoms with Crippen molar-refractivity contribution in [1.82, 2.24) is 0 Å². The molecule has 0 aliphatic heterocycles. The van der Waals surface area contributed by atoms with Crippen molar-refractivity contribution in [2.75, 3.05) is 14.2 Å². The molecule has 0 saturated heterocycles. The maximum atomic E-state index is 13.8. The lowest BCUT2D eigenvalue weighted by molar-refractivity contribution is 0.289. The molecule has 0 heterocycles. The van der Waals surface area contributed by atoms with Crippen LogP contribution in [0.5, 0.6) is 28.7 Å². The Morgan fingerprint density at radius 2 is 1.53 bits per heavy atom. The van der Waals surface area contributed by atoms with Crippen LogP contribution in [0.1, 0.15) is 11.1 Å². The van der Waals surface area contributed by atoms with Gasteiger partial charge in [0.05, 0.1) is 19.8 Å². The molecule has 0 bridgehead atoms. The van der Waals surface area contributed by atoms with Gasteiger partial charge in [0.2, 0.25) is 0 Å². The molecule has 0 radical (unpaired) electrons. The van der Waals surface area contributed by atoms with Crippen molar-refractivity contribution in [2.45, 2.75) is 13.5 Å². The summed E-state index contributed by atoms with van der Waals surface area (Å²) in [6.45, 7) is 1.98. The van der Waals surface area contributed by atoms with Crippen molar-refractivity contribution in [3.63, 3.8) is 0 Å². The van der Waals surface area contributed by atoms with E-state index < -0.39 is 0 Å². The van der Waals surface area contributed by atoms with Crippen molar-refractivity contribution in [3.05, 3.63) is 89.7 Å². The molecular weight excluding hydrogens is 435 g/mol. The number of phenols is 2. The molecule has 0 aromatic heterocycles. The predicted octanol–water partition coefficient (Wildman–Crippen LogP) is 6.48. The van der Waals surface area contributed by atoms with Crippen LogP contribution in [0.25, 0.3) is 22.3 Å². The van der Waals surface area contributed by atoms with Gasteiger partial charge in [-0.15, -0.1) is 0 Å². The van der Waals surface area contributed by atoms with Gasteiger partial charge >= 0.3 is 0 Å². The monoisotopic (exact) mass is 460 g/mol. The molecule has 0 aliphatic carbocycles. The van der Waals surface area contributed by atoms with Gasteiger partial charge in [-0.25, -0.2) is 4.39 Å². The molecule has 0 atom stereocenters. The Morgan fingerprint density at radius 3 is 2.18 bits per heavy atom. The van der Waals surface area contributed by atoms with Gasteiger partial charge in [0, 0.05) is 5.56 Å². The third-order valence-corrected chi connectivity index (χ3v) is 5.60. The first-order valence-corrected chi connectivity index (χ1v) is 10.7. The van der Waals surface area contributed by atoms with Crippen LogP contribution in [0.4, 0.5) is 4.39 Å². The molecule has 0 unspecified atom stereocenters. The number of ether oxygens (including phenoxy) is 3. The SMILES string of the molecule is COc1cc(-c2ccc(F)c(C)c2)c(OC)c(O)c1-c1ccc(OCc2ccccc2)c(O)c1.